The molecule has 2 aliphatic rings. The third-order valence-corrected chi connectivity index (χ3v) is 7.61. The number of carbonyl (C=O) groups excluding carboxylic acids is 1. The van der Waals surface area contributed by atoms with E-state index in [2.05, 4.69) is 15.9 Å². The van der Waals surface area contributed by atoms with Gasteiger partial charge in [0.25, 0.3) is 0 Å². The monoisotopic (exact) mass is 428 g/mol. The molecule has 1 aliphatic carbocycles. The highest BCUT2D eigenvalue weighted by Gasteiger charge is 2.38. The quantitative estimate of drug-likeness (QED) is 0.512. The van der Waals surface area contributed by atoms with E-state index in [0.717, 1.165) is 6.42 Å². The van der Waals surface area contributed by atoms with Gasteiger partial charge in [-0.3, -0.25) is 0 Å². The molecule has 1 aromatic rings. The van der Waals surface area contributed by atoms with Gasteiger partial charge >= 0.3 is 5.97 Å². The number of halogens is 1. The van der Waals surface area contributed by atoms with Gasteiger partial charge in [0.15, 0.2) is 9.84 Å². The van der Waals surface area contributed by atoms with Gasteiger partial charge in [-0.1, -0.05) is 12.1 Å². The maximum absolute atomic E-state index is 12.5. The van der Waals surface area contributed by atoms with Crippen LogP contribution in [0.3, 0.4) is 0 Å². The highest BCUT2D eigenvalue weighted by molar-refractivity contribution is 9.10. The van der Waals surface area contributed by atoms with Crippen LogP contribution in [0.4, 0.5) is 0 Å². The van der Waals surface area contributed by atoms with Crippen molar-refractivity contribution in [2.24, 2.45) is 5.92 Å². The van der Waals surface area contributed by atoms with Crippen LogP contribution in [0.5, 0.6) is 0 Å². The normalized spacial score (nSPS) is 21.4. The molecular weight excluding hydrogens is 408 g/mol. The molecule has 1 unspecified atom stereocenters. The Balaban J connectivity index is 1.95. The molecule has 0 amide bonds. The van der Waals surface area contributed by atoms with Gasteiger partial charge in [0.1, 0.15) is 0 Å². The Hall–Kier alpha value is -1.18. The first-order valence-corrected chi connectivity index (χ1v) is 10.8. The van der Waals surface area contributed by atoms with Gasteiger partial charge in [0.2, 0.25) is 0 Å². The summed E-state index contributed by atoms with van der Waals surface area (Å²) in [6.07, 6.45) is 4.17. The molecular formula is C18H21BrO5S. The summed E-state index contributed by atoms with van der Waals surface area (Å²) in [5.41, 5.74) is 1.10. The largest absolute Gasteiger partial charge is 0.462 e. The van der Waals surface area contributed by atoms with Gasteiger partial charge in [-0.25, -0.2) is 13.2 Å². The number of sulfone groups is 1. The van der Waals surface area contributed by atoms with Gasteiger partial charge in [0.05, 0.1) is 28.9 Å². The van der Waals surface area contributed by atoms with E-state index >= 15 is 0 Å². The first-order valence-electron chi connectivity index (χ1n) is 8.44. The molecule has 5 nitrogen and oxygen atoms in total. The third-order valence-electron chi connectivity index (χ3n) is 4.38. The third kappa shape index (κ3) is 4.15. The summed E-state index contributed by atoms with van der Waals surface area (Å²) in [6.45, 7) is 3.31. The Morgan fingerprint density at radius 1 is 1.36 bits per heavy atom. The van der Waals surface area contributed by atoms with Gasteiger partial charge in [-0.15, -0.1) is 0 Å². The van der Waals surface area contributed by atoms with Crippen LogP contribution in [0, 0.1) is 5.92 Å². The smallest absolute Gasteiger partial charge is 0.338 e. The van der Waals surface area contributed by atoms with Gasteiger partial charge < -0.3 is 9.47 Å². The summed E-state index contributed by atoms with van der Waals surface area (Å²) < 4.78 is 35.9. The van der Waals surface area contributed by atoms with E-state index < -0.39 is 15.8 Å². The fourth-order valence-corrected chi connectivity index (χ4v) is 5.63. The average Bonchev–Trinajstić information content (AvgIpc) is 3.31. The van der Waals surface area contributed by atoms with Crippen molar-refractivity contribution in [2.45, 2.75) is 36.3 Å². The lowest BCUT2D eigenvalue weighted by molar-refractivity contribution is -0.136. The standard InChI is InChI=1S/C18H21BrO5S/c1-2-24-18(20)15(9-12-7-8-23-11-12)13-3-6-17(16(19)10-13)25(21,22)14-4-5-14/h3,6,9-10,12,14H,2,4-5,7-8,11H2,1H3. The van der Waals surface area contributed by atoms with Crippen molar-refractivity contribution < 1.29 is 22.7 Å². The average molecular weight is 429 g/mol. The molecule has 7 heteroatoms. The summed E-state index contributed by atoms with van der Waals surface area (Å²) in [7, 11) is -3.29. The molecule has 0 radical (unpaired) electrons. The number of rotatable bonds is 6. The van der Waals surface area contributed by atoms with Crippen molar-refractivity contribution in [1.82, 2.24) is 0 Å². The molecule has 2 fully saturated rings. The number of hydrogen-bond donors (Lipinski definition) is 0. The predicted octanol–water partition coefficient (Wildman–Crippen LogP) is 3.37. The highest BCUT2D eigenvalue weighted by Crippen LogP contribution is 2.37. The summed E-state index contributed by atoms with van der Waals surface area (Å²) in [4.78, 5) is 12.7. The van der Waals surface area contributed by atoms with Gasteiger partial charge in [0, 0.05) is 17.0 Å². The fourth-order valence-electron chi connectivity index (χ4n) is 2.87. The fraction of sp³-hybridized carbons (Fsp3) is 0.500. The van der Waals surface area contributed by atoms with E-state index in [1.165, 1.54) is 0 Å². The molecule has 3 rings (SSSR count). The lowest BCUT2D eigenvalue weighted by Gasteiger charge is -2.12. The van der Waals surface area contributed by atoms with E-state index in [1.54, 1.807) is 25.1 Å². The number of benzene rings is 1. The van der Waals surface area contributed by atoms with Crippen molar-refractivity contribution in [3.63, 3.8) is 0 Å². The van der Waals surface area contributed by atoms with E-state index in [0.29, 0.717) is 41.7 Å². The second-order valence-corrected chi connectivity index (χ2v) is 9.36. The van der Waals surface area contributed by atoms with Crippen molar-refractivity contribution in [3.05, 3.63) is 34.3 Å². The van der Waals surface area contributed by atoms with Crippen molar-refractivity contribution in [1.29, 1.82) is 0 Å². The summed E-state index contributed by atoms with van der Waals surface area (Å²) in [5, 5.41) is -0.273. The summed E-state index contributed by atoms with van der Waals surface area (Å²) in [5.74, 6) is -0.243. The topological polar surface area (TPSA) is 69.7 Å². The highest BCUT2D eigenvalue weighted by atomic mass is 79.9. The first-order chi connectivity index (χ1) is 11.9. The molecule has 1 saturated heterocycles. The minimum absolute atomic E-state index is 0.160. The molecule has 0 bridgehead atoms. The van der Waals surface area contributed by atoms with Crippen LogP contribution >= 0.6 is 15.9 Å². The van der Waals surface area contributed by atoms with Crippen LogP contribution in [0.25, 0.3) is 5.57 Å². The molecule has 1 aromatic carbocycles. The Labute approximate surface area is 156 Å². The van der Waals surface area contributed by atoms with Crippen LogP contribution in [0.15, 0.2) is 33.6 Å². The first kappa shape index (κ1) is 18.6. The minimum Gasteiger partial charge on any atom is -0.462 e. The van der Waals surface area contributed by atoms with Crippen LogP contribution in [0.2, 0.25) is 0 Å². The van der Waals surface area contributed by atoms with Crippen LogP contribution in [0.1, 0.15) is 31.7 Å². The van der Waals surface area contributed by atoms with Crippen LogP contribution in [-0.4, -0.2) is 39.5 Å². The predicted molar refractivity (Wildman–Crippen MR) is 97.9 cm³/mol. The second kappa shape index (κ2) is 7.60. The molecule has 0 N–H and O–H groups in total. The Kier molecular flexibility index (Phi) is 5.65. The molecule has 25 heavy (non-hydrogen) atoms. The van der Waals surface area contributed by atoms with Gasteiger partial charge in [-0.05, 0) is 59.8 Å². The van der Waals surface area contributed by atoms with Crippen molar-refractivity contribution in [2.75, 3.05) is 19.8 Å². The zero-order valence-electron chi connectivity index (χ0n) is 14.0. The molecule has 1 saturated carbocycles. The van der Waals surface area contributed by atoms with Crippen molar-refractivity contribution in [3.8, 4) is 0 Å². The Bertz CT molecular complexity index is 790. The summed E-state index contributed by atoms with van der Waals surface area (Å²) in [6, 6.07) is 4.94. The van der Waals surface area contributed by atoms with Crippen LogP contribution < -0.4 is 0 Å². The molecule has 0 aromatic heterocycles. The van der Waals surface area contributed by atoms with Gasteiger partial charge in [-0.2, -0.15) is 0 Å². The number of esters is 1. The Morgan fingerprint density at radius 2 is 2.12 bits per heavy atom. The zero-order chi connectivity index (χ0) is 18.0. The molecule has 136 valence electrons. The zero-order valence-corrected chi connectivity index (χ0v) is 16.4. The number of carbonyl (C=O) groups is 1. The van der Waals surface area contributed by atoms with E-state index in [4.69, 9.17) is 9.47 Å². The maximum Gasteiger partial charge on any atom is 0.338 e. The van der Waals surface area contributed by atoms with E-state index in [1.807, 2.05) is 6.08 Å². The number of ether oxygens (including phenoxy) is 2. The minimum atomic E-state index is -3.29. The van der Waals surface area contributed by atoms with E-state index in [-0.39, 0.29) is 22.7 Å². The Morgan fingerprint density at radius 3 is 2.68 bits per heavy atom. The lowest BCUT2D eigenvalue weighted by atomic mass is 9.99. The number of hydrogen-bond acceptors (Lipinski definition) is 5. The van der Waals surface area contributed by atoms with Crippen LogP contribution in [-0.2, 0) is 24.1 Å². The maximum atomic E-state index is 12.5. The molecule has 1 aliphatic heterocycles. The SMILES string of the molecule is CCOC(=O)C(=CC1CCOC1)c1ccc(S(=O)(=O)C2CC2)c(Br)c1. The van der Waals surface area contributed by atoms with E-state index in [9.17, 15) is 13.2 Å². The van der Waals surface area contributed by atoms with Crippen molar-refractivity contribution >= 4 is 37.3 Å². The molecule has 1 atom stereocenters. The molecule has 0 spiro atoms. The molecule has 1 heterocycles. The lowest BCUT2D eigenvalue weighted by Crippen LogP contribution is -2.11. The second-order valence-electron chi connectivity index (χ2n) is 6.31. The summed E-state index contributed by atoms with van der Waals surface area (Å²) >= 11 is 3.36.